The van der Waals surface area contributed by atoms with Crippen molar-refractivity contribution < 1.29 is 4.79 Å². The number of carbonyl (C=O) groups is 1. The maximum atomic E-state index is 11.1. The zero-order chi connectivity index (χ0) is 11.5. The van der Waals surface area contributed by atoms with Gasteiger partial charge in [0, 0.05) is 7.05 Å². The van der Waals surface area contributed by atoms with Crippen molar-refractivity contribution in [1.29, 1.82) is 0 Å². The normalized spacial score (nSPS) is 10.4. The molecule has 0 unspecified atom stereocenters. The number of hydrogen-bond acceptors (Lipinski definition) is 5. The molecular weight excluding hydrogens is 224 g/mol. The monoisotopic (exact) mass is 236 g/mol. The summed E-state index contributed by atoms with van der Waals surface area (Å²) in [7, 11) is 1.61. The van der Waals surface area contributed by atoms with Gasteiger partial charge in [0.25, 0.3) is 0 Å². The Kier molecular flexibility index (Phi) is 3.00. The number of anilines is 1. The Bertz CT molecular complexity index is 523. The summed E-state index contributed by atoms with van der Waals surface area (Å²) in [6.45, 7) is 2.23. The highest BCUT2D eigenvalue weighted by molar-refractivity contribution is 7.18. The van der Waals surface area contributed by atoms with Gasteiger partial charge in [0.05, 0.1) is 16.8 Å². The standard InChI is InChI=1S/C10H12N4OS/c1-6-4-16-9-8(6)13-5-14-10(9)12-3-7(15)11-2/h4-5H,3H2,1-2H3,(H,11,15)(H,12,13,14). The van der Waals surface area contributed by atoms with Crippen LogP contribution in [-0.2, 0) is 4.79 Å². The van der Waals surface area contributed by atoms with Gasteiger partial charge in [-0.05, 0) is 17.9 Å². The van der Waals surface area contributed by atoms with Gasteiger partial charge in [0.2, 0.25) is 5.91 Å². The van der Waals surface area contributed by atoms with E-state index in [-0.39, 0.29) is 12.5 Å². The fraction of sp³-hybridized carbons (Fsp3) is 0.300. The molecule has 0 atom stereocenters. The van der Waals surface area contributed by atoms with Crippen LogP contribution in [0.15, 0.2) is 11.7 Å². The van der Waals surface area contributed by atoms with Crippen LogP contribution in [0.25, 0.3) is 10.2 Å². The molecule has 0 aliphatic heterocycles. The van der Waals surface area contributed by atoms with Crippen molar-refractivity contribution in [2.75, 3.05) is 18.9 Å². The third-order valence-corrected chi connectivity index (χ3v) is 3.32. The number of thiophene rings is 1. The van der Waals surface area contributed by atoms with E-state index in [4.69, 9.17) is 0 Å². The van der Waals surface area contributed by atoms with Crippen LogP contribution in [-0.4, -0.2) is 29.5 Å². The SMILES string of the molecule is CNC(=O)CNc1ncnc2c(C)csc12. The third-order valence-electron chi connectivity index (χ3n) is 2.23. The van der Waals surface area contributed by atoms with Crippen LogP contribution in [0.2, 0.25) is 0 Å². The summed E-state index contributed by atoms with van der Waals surface area (Å²) >= 11 is 1.58. The summed E-state index contributed by atoms with van der Waals surface area (Å²) in [6.07, 6.45) is 1.51. The van der Waals surface area contributed by atoms with E-state index in [9.17, 15) is 4.79 Å². The van der Waals surface area contributed by atoms with E-state index in [1.165, 1.54) is 6.33 Å². The summed E-state index contributed by atoms with van der Waals surface area (Å²) in [5.41, 5.74) is 2.07. The highest BCUT2D eigenvalue weighted by Gasteiger charge is 2.08. The fourth-order valence-corrected chi connectivity index (χ4v) is 2.32. The van der Waals surface area contributed by atoms with Crippen LogP contribution < -0.4 is 10.6 Å². The van der Waals surface area contributed by atoms with Gasteiger partial charge in [-0.2, -0.15) is 0 Å². The summed E-state index contributed by atoms with van der Waals surface area (Å²) < 4.78 is 0.990. The van der Waals surface area contributed by atoms with Crippen molar-refractivity contribution >= 4 is 33.3 Å². The number of hydrogen-bond donors (Lipinski definition) is 2. The average Bonchev–Trinajstić information content (AvgIpc) is 2.69. The molecule has 2 aromatic rings. The molecule has 0 spiro atoms. The maximum Gasteiger partial charge on any atom is 0.239 e. The van der Waals surface area contributed by atoms with E-state index in [2.05, 4.69) is 20.6 Å². The van der Waals surface area contributed by atoms with Crippen LogP contribution >= 0.6 is 11.3 Å². The minimum absolute atomic E-state index is 0.0694. The lowest BCUT2D eigenvalue weighted by Crippen LogP contribution is -2.26. The largest absolute Gasteiger partial charge is 0.360 e. The van der Waals surface area contributed by atoms with Crippen molar-refractivity contribution in [3.63, 3.8) is 0 Å². The van der Waals surface area contributed by atoms with Crippen molar-refractivity contribution in [1.82, 2.24) is 15.3 Å². The van der Waals surface area contributed by atoms with Crippen LogP contribution in [0.4, 0.5) is 5.82 Å². The van der Waals surface area contributed by atoms with E-state index in [0.717, 1.165) is 15.8 Å². The van der Waals surface area contributed by atoms with E-state index in [1.54, 1.807) is 18.4 Å². The number of nitrogens with one attached hydrogen (secondary N) is 2. The molecule has 0 aliphatic carbocycles. The zero-order valence-electron chi connectivity index (χ0n) is 9.07. The quantitative estimate of drug-likeness (QED) is 0.839. The first-order chi connectivity index (χ1) is 7.72. The second-order valence-electron chi connectivity index (χ2n) is 3.35. The van der Waals surface area contributed by atoms with Gasteiger partial charge in [-0.3, -0.25) is 4.79 Å². The molecule has 0 fully saturated rings. The Balaban J connectivity index is 2.27. The van der Waals surface area contributed by atoms with Crippen molar-refractivity contribution in [3.8, 4) is 0 Å². The van der Waals surface area contributed by atoms with Crippen LogP contribution in [0.5, 0.6) is 0 Å². The van der Waals surface area contributed by atoms with Gasteiger partial charge < -0.3 is 10.6 Å². The van der Waals surface area contributed by atoms with Crippen LogP contribution in [0.3, 0.4) is 0 Å². The predicted octanol–water partition coefficient (Wildman–Crippen LogP) is 1.16. The summed E-state index contributed by atoms with van der Waals surface area (Å²) in [4.78, 5) is 19.5. The van der Waals surface area contributed by atoms with Crippen LogP contribution in [0, 0.1) is 6.92 Å². The molecule has 5 nitrogen and oxygen atoms in total. The number of fused-ring (bicyclic) bond motifs is 1. The fourth-order valence-electron chi connectivity index (χ4n) is 1.35. The zero-order valence-corrected chi connectivity index (χ0v) is 9.89. The van der Waals surface area contributed by atoms with E-state index < -0.39 is 0 Å². The van der Waals surface area contributed by atoms with Gasteiger partial charge in [-0.25, -0.2) is 9.97 Å². The van der Waals surface area contributed by atoms with E-state index in [0.29, 0.717) is 5.82 Å². The smallest absolute Gasteiger partial charge is 0.239 e. The Morgan fingerprint density at radius 2 is 2.31 bits per heavy atom. The van der Waals surface area contributed by atoms with Crippen LogP contribution in [0.1, 0.15) is 5.56 Å². The molecule has 2 aromatic heterocycles. The third kappa shape index (κ3) is 1.96. The molecule has 2 N–H and O–H groups in total. The predicted molar refractivity (Wildman–Crippen MR) is 64.7 cm³/mol. The second kappa shape index (κ2) is 4.44. The molecule has 84 valence electrons. The molecule has 0 aromatic carbocycles. The molecule has 2 heterocycles. The van der Waals surface area contributed by atoms with Gasteiger partial charge in [0.15, 0.2) is 0 Å². The van der Waals surface area contributed by atoms with Gasteiger partial charge in [0.1, 0.15) is 12.1 Å². The van der Waals surface area contributed by atoms with Crippen molar-refractivity contribution in [2.45, 2.75) is 6.92 Å². The minimum Gasteiger partial charge on any atom is -0.360 e. The first-order valence-electron chi connectivity index (χ1n) is 4.85. The highest BCUT2D eigenvalue weighted by atomic mass is 32.1. The van der Waals surface area contributed by atoms with Crippen molar-refractivity contribution in [3.05, 3.63) is 17.3 Å². The lowest BCUT2D eigenvalue weighted by molar-refractivity contribution is -0.118. The molecule has 2 rings (SSSR count). The maximum absolute atomic E-state index is 11.1. The number of amides is 1. The number of likely N-dealkylation sites (N-methyl/N-ethyl adjacent to an activating group) is 1. The minimum atomic E-state index is -0.0694. The highest BCUT2D eigenvalue weighted by Crippen LogP contribution is 2.28. The topological polar surface area (TPSA) is 66.9 Å². The van der Waals surface area contributed by atoms with E-state index >= 15 is 0 Å². The molecule has 0 aliphatic rings. The Hall–Kier alpha value is -1.69. The Morgan fingerprint density at radius 1 is 1.50 bits per heavy atom. The lowest BCUT2D eigenvalue weighted by Gasteiger charge is -2.04. The number of rotatable bonds is 3. The van der Waals surface area contributed by atoms with Crippen molar-refractivity contribution in [2.24, 2.45) is 0 Å². The first kappa shape index (κ1) is 10.8. The summed E-state index contributed by atoms with van der Waals surface area (Å²) in [6, 6.07) is 0. The number of nitrogens with zero attached hydrogens (tertiary/aromatic N) is 2. The molecular formula is C10H12N4OS. The molecule has 0 saturated heterocycles. The van der Waals surface area contributed by atoms with E-state index in [1.807, 2.05) is 12.3 Å². The number of carbonyl (C=O) groups excluding carboxylic acids is 1. The summed E-state index contributed by atoms with van der Waals surface area (Å²) in [5, 5.41) is 7.58. The van der Waals surface area contributed by atoms with Gasteiger partial charge >= 0.3 is 0 Å². The molecule has 0 bridgehead atoms. The molecule has 6 heteroatoms. The average molecular weight is 236 g/mol. The molecule has 1 amide bonds. The molecule has 16 heavy (non-hydrogen) atoms. The van der Waals surface area contributed by atoms with Gasteiger partial charge in [-0.15, -0.1) is 11.3 Å². The summed E-state index contributed by atoms with van der Waals surface area (Å²) in [5.74, 6) is 0.645. The first-order valence-corrected chi connectivity index (χ1v) is 5.73. The molecule has 0 radical (unpaired) electrons. The lowest BCUT2D eigenvalue weighted by atomic mass is 10.3. The molecule has 0 saturated carbocycles. The Labute approximate surface area is 96.9 Å². The van der Waals surface area contributed by atoms with Gasteiger partial charge in [-0.1, -0.05) is 0 Å². The second-order valence-corrected chi connectivity index (χ2v) is 4.23. The number of aromatic nitrogens is 2. The Morgan fingerprint density at radius 3 is 3.06 bits per heavy atom. The number of aryl methyl sites for hydroxylation is 1.